The second-order valence-corrected chi connectivity index (χ2v) is 5.95. The first kappa shape index (κ1) is 11.6. The maximum Gasteiger partial charge on any atom is 0.0583 e. The molecule has 0 aromatic carbocycles. The zero-order valence-corrected chi connectivity index (χ0v) is 10.9. The summed E-state index contributed by atoms with van der Waals surface area (Å²) in [7, 11) is 0. The number of hydrogen-bond acceptors (Lipinski definition) is 0. The van der Waals surface area contributed by atoms with Gasteiger partial charge in [0.15, 0.2) is 0 Å². The third-order valence-corrected chi connectivity index (χ3v) is 4.60. The van der Waals surface area contributed by atoms with Crippen molar-refractivity contribution in [2.45, 2.75) is 36.4 Å². The zero-order chi connectivity index (χ0) is 10.1. The molecule has 1 aliphatic carbocycles. The standard InChI is InChI=1S/C10H13BrCl2/c1-7-6-10(2,13)9(11)5-8(7)3-4-12/h3-4,9H,5-6H2,1-2H3/b4-3+/t9-,10+/m0/s1. The molecule has 0 aromatic rings. The van der Waals surface area contributed by atoms with Crippen molar-refractivity contribution < 1.29 is 0 Å². The van der Waals surface area contributed by atoms with E-state index in [1.165, 1.54) is 11.1 Å². The summed E-state index contributed by atoms with van der Waals surface area (Å²) in [6, 6.07) is 0. The van der Waals surface area contributed by atoms with E-state index in [2.05, 4.69) is 29.8 Å². The molecule has 0 heterocycles. The van der Waals surface area contributed by atoms with Crippen molar-refractivity contribution in [3.63, 3.8) is 0 Å². The van der Waals surface area contributed by atoms with E-state index in [4.69, 9.17) is 23.2 Å². The molecule has 0 saturated carbocycles. The van der Waals surface area contributed by atoms with Gasteiger partial charge in [0.25, 0.3) is 0 Å². The second kappa shape index (κ2) is 4.37. The minimum absolute atomic E-state index is 0.159. The van der Waals surface area contributed by atoms with E-state index in [9.17, 15) is 0 Å². The van der Waals surface area contributed by atoms with Crippen molar-refractivity contribution in [1.82, 2.24) is 0 Å². The van der Waals surface area contributed by atoms with E-state index in [0.29, 0.717) is 4.83 Å². The summed E-state index contributed by atoms with van der Waals surface area (Å²) in [6.45, 7) is 4.18. The van der Waals surface area contributed by atoms with Gasteiger partial charge in [0, 0.05) is 10.4 Å². The van der Waals surface area contributed by atoms with Gasteiger partial charge in [0.2, 0.25) is 0 Å². The molecule has 0 radical (unpaired) electrons. The van der Waals surface area contributed by atoms with Crippen LogP contribution in [-0.4, -0.2) is 9.70 Å². The van der Waals surface area contributed by atoms with Crippen LogP contribution in [0.3, 0.4) is 0 Å². The van der Waals surface area contributed by atoms with Gasteiger partial charge in [0.1, 0.15) is 0 Å². The van der Waals surface area contributed by atoms with Crippen LogP contribution in [0.25, 0.3) is 0 Å². The normalized spacial score (nSPS) is 35.9. The minimum atomic E-state index is -0.159. The van der Waals surface area contributed by atoms with Crippen LogP contribution in [0.4, 0.5) is 0 Å². The Bertz CT molecular complexity index is 254. The van der Waals surface area contributed by atoms with E-state index in [0.717, 1.165) is 12.8 Å². The number of allylic oxidation sites excluding steroid dienone is 3. The fraction of sp³-hybridized carbons (Fsp3) is 0.600. The molecular weight excluding hydrogens is 271 g/mol. The number of alkyl halides is 2. The number of rotatable bonds is 1. The Morgan fingerprint density at radius 3 is 2.77 bits per heavy atom. The predicted octanol–water partition coefficient (Wildman–Crippen LogP) is 4.61. The average Bonchev–Trinajstić information content (AvgIpc) is 2.00. The van der Waals surface area contributed by atoms with E-state index in [-0.39, 0.29) is 4.87 Å². The molecule has 1 rings (SSSR count). The van der Waals surface area contributed by atoms with Gasteiger partial charge in [-0.15, -0.1) is 11.6 Å². The smallest absolute Gasteiger partial charge is 0.0583 e. The van der Waals surface area contributed by atoms with Gasteiger partial charge in [-0.1, -0.05) is 33.1 Å². The first-order valence-electron chi connectivity index (χ1n) is 4.26. The molecule has 0 fully saturated rings. The topological polar surface area (TPSA) is 0 Å². The molecule has 0 N–H and O–H groups in total. The third-order valence-electron chi connectivity index (χ3n) is 2.48. The van der Waals surface area contributed by atoms with Crippen LogP contribution in [-0.2, 0) is 0 Å². The molecule has 0 aliphatic heterocycles. The largest absolute Gasteiger partial charge is 0.118 e. The maximum atomic E-state index is 6.34. The zero-order valence-electron chi connectivity index (χ0n) is 7.78. The number of halogens is 3. The Morgan fingerprint density at radius 1 is 1.62 bits per heavy atom. The van der Waals surface area contributed by atoms with E-state index < -0.39 is 0 Å². The van der Waals surface area contributed by atoms with Crippen molar-refractivity contribution in [2.24, 2.45) is 0 Å². The molecule has 3 heteroatoms. The summed E-state index contributed by atoms with van der Waals surface area (Å²) in [5, 5.41) is 0. The highest BCUT2D eigenvalue weighted by molar-refractivity contribution is 9.09. The first-order valence-corrected chi connectivity index (χ1v) is 5.99. The Labute approximate surface area is 98.1 Å². The van der Waals surface area contributed by atoms with Crippen LogP contribution < -0.4 is 0 Å². The molecule has 2 atom stereocenters. The molecule has 0 saturated heterocycles. The van der Waals surface area contributed by atoms with Gasteiger partial charge in [0.05, 0.1) is 4.87 Å². The van der Waals surface area contributed by atoms with Crippen molar-refractivity contribution in [3.8, 4) is 0 Å². The summed E-state index contributed by atoms with van der Waals surface area (Å²) < 4.78 is 0. The molecule has 0 spiro atoms. The lowest BCUT2D eigenvalue weighted by Crippen LogP contribution is -2.33. The van der Waals surface area contributed by atoms with Gasteiger partial charge in [-0.25, -0.2) is 0 Å². The van der Waals surface area contributed by atoms with Crippen molar-refractivity contribution in [1.29, 1.82) is 0 Å². The third kappa shape index (κ3) is 2.74. The molecule has 0 bridgehead atoms. The Hall–Kier alpha value is 0.540. The summed E-state index contributed by atoms with van der Waals surface area (Å²) in [4.78, 5) is 0.168. The lowest BCUT2D eigenvalue weighted by Gasteiger charge is -2.34. The van der Waals surface area contributed by atoms with Gasteiger partial charge in [-0.2, -0.15) is 0 Å². The summed E-state index contributed by atoms with van der Waals surface area (Å²) >= 11 is 15.5. The Kier molecular flexibility index (Phi) is 3.91. The Morgan fingerprint density at radius 2 is 2.23 bits per heavy atom. The first-order chi connectivity index (χ1) is 5.97. The van der Waals surface area contributed by atoms with Crippen LogP contribution in [0.2, 0.25) is 0 Å². The molecular formula is C10H13BrCl2. The highest BCUT2D eigenvalue weighted by Gasteiger charge is 2.34. The van der Waals surface area contributed by atoms with Gasteiger partial charge in [-0.3, -0.25) is 0 Å². The fourth-order valence-electron chi connectivity index (χ4n) is 1.61. The van der Waals surface area contributed by atoms with Gasteiger partial charge < -0.3 is 0 Å². The highest BCUT2D eigenvalue weighted by atomic mass is 79.9. The van der Waals surface area contributed by atoms with Crippen molar-refractivity contribution in [2.75, 3.05) is 0 Å². The predicted molar refractivity (Wildman–Crippen MR) is 63.9 cm³/mol. The molecule has 0 amide bonds. The lowest BCUT2D eigenvalue weighted by molar-refractivity contribution is 0.560. The quantitative estimate of drug-likeness (QED) is 0.617. The van der Waals surface area contributed by atoms with Gasteiger partial charge in [-0.05, 0) is 38.3 Å². The van der Waals surface area contributed by atoms with Crippen molar-refractivity contribution >= 4 is 39.1 Å². The van der Waals surface area contributed by atoms with Crippen LogP contribution in [0.5, 0.6) is 0 Å². The highest BCUT2D eigenvalue weighted by Crippen LogP contribution is 2.41. The molecule has 74 valence electrons. The minimum Gasteiger partial charge on any atom is -0.118 e. The van der Waals surface area contributed by atoms with Crippen LogP contribution in [0, 0.1) is 0 Å². The summed E-state index contributed by atoms with van der Waals surface area (Å²) in [5.41, 5.74) is 4.20. The maximum absolute atomic E-state index is 6.34. The van der Waals surface area contributed by atoms with E-state index >= 15 is 0 Å². The molecule has 1 aliphatic rings. The number of hydrogen-bond donors (Lipinski definition) is 0. The van der Waals surface area contributed by atoms with Crippen LogP contribution >= 0.6 is 39.1 Å². The molecule has 0 nitrogen and oxygen atoms in total. The fourth-order valence-corrected chi connectivity index (χ4v) is 2.55. The summed E-state index contributed by atoms with van der Waals surface area (Å²) in [5.74, 6) is 0. The van der Waals surface area contributed by atoms with Gasteiger partial charge >= 0.3 is 0 Å². The van der Waals surface area contributed by atoms with E-state index in [1.807, 2.05) is 6.08 Å². The summed E-state index contributed by atoms with van der Waals surface area (Å²) in [6.07, 6.45) is 3.83. The average molecular weight is 284 g/mol. The molecule has 0 aromatic heterocycles. The molecule has 0 unspecified atom stereocenters. The van der Waals surface area contributed by atoms with E-state index in [1.54, 1.807) is 5.54 Å². The molecule has 13 heavy (non-hydrogen) atoms. The second-order valence-electron chi connectivity index (χ2n) is 3.72. The van der Waals surface area contributed by atoms with Crippen LogP contribution in [0.15, 0.2) is 22.8 Å². The SMILES string of the molecule is CC1=C(/C=C/Cl)C[C@H](Br)[C@](C)(Cl)C1. The monoisotopic (exact) mass is 282 g/mol. The van der Waals surface area contributed by atoms with Crippen LogP contribution in [0.1, 0.15) is 26.7 Å². The lowest BCUT2D eigenvalue weighted by atomic mass is 9.85. The Balaban J connectivity index is 2.90. The van der Waals surface area contributed by atoms with Crippen molar-refractivity contribution in [3.05, 3.63) is 22.8 Å².